The van der Waals surface area contributed by atoms with Crippen molar-refractivity contribution in [3.8, 4) is 0 Å². The standard InChI is InChI=1S/C16H26F2N4O2/c1-15(2,3)24-14(23)22-11-16(17,18)6-13(22)10-20(4)8-12-7-19-21(5)9-12/h7,9,13H,6,8,10-11H2,1-5H3/t13-/m0/s1. The van der Waals surface area contributed by atoms with Gasteiger partial charge in [0.1, 0.15) is 5.60 Å². The SMILES string of the molecule is CN(Cc1cnn(C)c1)C[C@@H]1CC(F)(F)CN1C(=O)OC(C)(C)C. The Morgan fingerprint density at radius 3 is 2.71 bits per heavy atom. The molecule has 1 aromatic rings. The number of nitrogens with zero attached hydrogens (tertiary/aromatic N) is 4. The number of ether oxygens (including phenoxy) is 1. The lowest BCUT2D eigenvalue weighted by Gasteiger charge is -2.30. The number of alkyl halides is 2. The maximum atomic E-state index is 13.8. The van der Waals surface area contributed by atoms with Crippen molar-refractivity contribution in [2.75, 3.05) is 20.1 Å². The van der Waals surface area contributed by atoms with E-state index in [1.807, 2.05) is 25.2 Å². The molecule has 0 aromatic carbocycles. The predicted molar refractivity (Wildman–Crippen MR) is 85.8 cm³/mol. The van der Waals surface area contributed by atoms with Crippen LogP contribution in [-0.2, 0) is 18.3 Å². The Kier molecular flexibility index (Phi) is 5.17. The van der Waals surface area contributed by atoms with Crippen LogP contribution < -0.4 is 0 Å². The van der Waals surface area contributed by atoms with E-state index in [-0.39, 0.29) is 6.42 Å². The quantitative estimate of drug-likeness (QED) is 0.842. The van der Waals surface area contributed by atoms with Crippen LogP contribution in [0.2, 0.25) is 0 Å². The second-order valence-corrected chi connectivity index (χ2v) is 7.54. The van der Waals surface area contributed by atoms with Gasteiger partial charge < -0.3 is 4.74 Å². The van der Waals surface area contributed by atoms with Gasteiger partial charge in [0.05, 0.1) is 18.8 Å². The number of aryl methyl sites for hydroxylation is 1. The molecule has 6 nitrogen and oxygen atoms in total. The molecule has 0 spiro atoms. The number of carbonyl (C=O) groups is 1. The number of likely N-dealkylation sites (N-methyl/N-ethyl adjacent to an activating group) is 1. The molecule has 24 heavy (non-hydrogen) atoms. The third-order valence-electron chi connectivity index (χ3n) is 3.74. The Hall–Kier alpha value is -1.70. The monoisotopic (exact) mass is 344 g/mol. The average molecular weight is 344 g/mol. The number of hydrogen-bond acceptors (Lipinski definition) is 4. The summed E-state index contributed by atoms with van der Waals surface area (Å²) in [6.07, 6.45) is 2.60. The molecule has 1 saturated heterocycles. The molecule has 1 fully saturated rings. The maximum Gasteiger partial charge on any atom is 0.410 e. The van der Waals surface area contributed by atoms with Crippen LogP contribution >= 0.6 is 0 Å². The van der Waals surface area contributed by atoms with Crippen molar-refractivity contribution in [2.24, 2.45) is 7.05 Å². The van der Waals surface area contributed by atoms with Crippen LogP contribution in [0.3, 0.4) is 0 Å². The molecule has 0 unspecified atom stereocenters. The van der Waals surface area contributed by atoms with Crippen LogP contribution in [0.1, 0.15) is 32.8 Å². The van der Waals surface area contributed by atoms with Crippen molar-refractivity contribution < 1.29 is 18.3 Å². The molecule has 0 radical (unpaired) electrons. The molecular formula is C16H26F2N4O2. The summed E-state index contributed by atoms with van der Waals surface area (Å²) in [5, 5.41) is 4.09. The van der Waals surface area contributed by atoms with Crippen molar-refractivity contribution in [1.82, 2.24) is 19.6 Å². The van der Waals surface area contributed by atoms with E-state index in [0.29, 0.717) is 13.1 Å². The van der Waals surface area contributed by atoms with Gasteiger partial charge in [-0.2, -0.15) is 5.10 Å². The van der Waals surface area contributed by atoms with E-state index in [1.54, 1.807) is 31.6 Å². The molecule has 0 bridgehead atoms. The Balaban J connectivity index is 2.01. The molecule has 1 amide bonds. The summed E-state index contributed by atoms with van der Waals surface area (Å²) < 4.78 is 34.6. The molecule has 0 aliphatic carbocycles. The Morgan fingerprint density at radius 2 is 2.17 bits per heavy atom. The fourth-order valence-corrected chi connectivity index (χ4v) is 2.88. The Morgan fingerprint density at radius 1 is 1.50 bits per heavy atom. The molecular weight excluding hydrogens is 318 g/mol. The van der Waals surface area contributed by atoms with E-state index in [0.717, 1.165) is 10.5 Å². The lowest BCUT2D eigenvalue weighted by atomic mass is 10.1. The zero-order valence-electron chi connectivity index (χ0n) is 14.9. The van der Waals surface area contributed by atoms with Crippen LogP contribution in [0.25, 0.3) is 0 Å². The predicted octanol–water partition coefficient (Wildman–Crippen LogP) is 2.50. The zero-order valence-corrected chi connectivity index (χ0v) is 14.9. The topological polar surface area (TPSA) is 50.6 Å². The molecule has 1 aromatic heterocycles. The maximum absolute atomic E-state index is 13.8. The van der Waals surface area contributed by atoms with Gasteiger partial charge in [0.15, 0.2) is 0 Å². The highest BCUT2D eigenvalue weighted by Gasteiger charge is 2.48. The molecule has 1 aliphatic heterocycles. The van der Waals surface area contributed by atoms with E-state index in [4.69, 9.17) is 4.74 Å². The van der Waals surface area contributed by atoms with Gasteiger partial charge in [-0.3, -0.25) is 14.5 Å². The fraction of sp³-hybridized carbons (Fsp3) is 0.750. The lowest BCUT2D eigenvalue weighted by molar-refractivity contribution is -0.00261. The number of amides is 1. The minimum atomic E-state index is -2.88. The highest BCUT2D eigenvalue weighted by molar-refractivity contribution is 5.69. The Labute approximate surface area is 141 Å². The molecule has 0 saturated carbocycles. The number of carbonyl (C=O) groups excluding carboxylic acids is 1. The highest BCUT2D eigenvalue weighted by Crippen LogP contribution is 2.33. The van der Waals surface area contributed by atoms with Gasteiger partial charge in [-0.1, -0.05) is 0 Å². The molecule has 1 aliphatic rings. The van der Waals surface area contributed by atoms with Gasteiger partial charge in [0.25, 0.3) is 5.92 Å². The number of halogens is 2. The van der Waals surface area contributed by atoms with Gasteiger partial charge in [-0.05, 0) is 27.8 Å². The van der Waals surface area contributed by atoms with E-state index in [2.05, 4.69) is 5.10 Å². The average Bonchev–Trinajstić information content (AvgIpc) is 2.90. The van der Waals surface area contributed by atoms with Crippen molar-refractivity contribution in [1.29, 1.82) is 0 Å². The zero-order chi connectivity index (χ0) is 18.1. The van der Waals surface area contributed by atoms with Gasteiger partial charge in [0.2, 0.25) is 0 Å². The van der Waals surface area contributed by atoms with Crippen LogP contribution in [0.15, 0.2) is 12.4 Å². The molecule has 1 atom stereocenters. The molecule has 8 heteroatoms. The van der Waals surface area contributed by atoms with E-state index in [1.165, 1.54) is 0 Å². The van der Waals surface area contributed by atoms with Gasteiger partial charge in [-0.25, -0.2) is 13.6 Å². The largest absolute Gasteiger partial charge is 0.444 e. The van der Waals surface area contributed by atoms with Crippen molar-refractivity contribution >= 4 is 6.09 Å². The molecule has 2 rings (SSSR count). The van der Waals surface area contributed by atoms with Gasteiger partial charge in [-0.15, -0.1) is 0 Å². The van der Waals surface area contributed by atoms with Crippen molar-refractivity contribution in [2.45, 2.75) is 51.3 Å². The minimum Gasteiger partial charge on any atom is -0.444 e. The Bertz CT molecular complexity index is 583. The summed E-state index contributed by atoms with van der Waals surface area (Å²) in [4.78, 5) is 15.3. The van der Waals surface area contributed by atoms with Crippen LogP contribution in [0.5, 0.6) is 0 Å². The second kappa shape index (κ2) is 6.66. The van der Waals surface area contributed by atoms with Crippen LogP contribution in [-0.4, -0.2) is 63.4 Å². The molecule has 136 valence electrons. The first-order valence-corrected chi connectivity index (χ1v) is 7.99. The summed E-state index contributed by atoms with van der Waals surface area (Å²) in [5.41, 5.74) is 0.287. The van der Waals surface area contributed by atoms with Crippen LogP contribution in [0, 0.1) is 0 Å². The number of rotatable bonds is 4. The highest BCUT2D eigenvalue weighted by atomic mass is 19.3. The first-order chi connectivity index (χ1) is 11.0. The normalized spacial score (nSPS) is 20.7. The van der Waals surface area contributed by atoms with Gasteiger partial charge >= 0.3 is 6.09 Å². The minimum absolute atomic E-state index is 0.344. The summed E-state index contributed by atoms with van der Waals surface area (Å²) in [7, 11) is 3.67. The summed E-state index contributed by atoms with van der Waals surface area (Å²) in [5.74, 6) is -2.88. The molecule has 0 N–H and O–H groups in total. The van der Waals surface area contributed by atoms with Crippen molar-refractivity contribution in [3.05, 3.63) is 18.0 Å². The third kappa shape index (κ3) is 5.15. The third-order valence-corrected chi connectivity index (χ3v) is 3.74. The smallest absolute Gasteiger partial charge is 0.410 e. The van der Waals surface area contributed by atoms with Crippen LogP contribution in [0.4, 0.5) is 13.6 Å². The summed E-state index contributed by atoms with van der Waals surface area (Å²) >= 11 is 0. The van der Waals surface area contributed by atoms with Gasteiger partial charge in [0, 0.05) is 38.3 Å². The first-order valence-electron chi connectivity index (χ1n) is 7.99. The van der Waals surface area contributed by atoms with Crippen molar-refractivity contribution in [3.63, 3.8) is 0 Å². The summed E-state index contributed by atoms with van der Waals surface area (Å²) in [6.45, 7) is 5.52. The van der Waals surface area contributed by atoms with E-state index >= 15 is 0 Å². The van der Waals surface area contributed by atoms with E-state index in [9.17, 15) is 13.6 Å². The second-order valence-electron chi connectivity index (χ2n) is 7.54. The number of aromatic nitrogens is 2. The fourth-order valence-electron chi connectivity index (χ4n) is 2.88. The number of likely N-dealkylation sites (tertiary alicyclic amines) is 1. The first kappa shape index (κ1) is 18.6. The summed E-state index contributed by atoms with van der Waals surface area (Å²) in [6, 6.07) is -0.573. The lowest BCUT2D eigenvalue weighted by Crippen LogP contribution is -2.44. The molecule has 2 heterocycles. The van der Waals surface area contributed by atoms with E-state index < -0.39 is 30.2 Å². The number of hydrogen-bond donors (Lipinski definition) is 0.